The van der Waals surface area contributed by atoms with E-state index in [1.54, 1.807) is 14.2 Å². The number of amides is 1. The lowest BCUT2D eigenvalue weighted by molar-refractivity contribution is -0.121. The van der Waals surface area contributed by atoms with Crippen LogP contribution in [0.4, 0.5) is 5.13 Å². The van der Waals surface area contributed by atoms with Gasteiger partial charge in [-0.2, -0.15) is 0 Å². The first-order valence-electron chi connectivity index (χ1n) is 12.0. The van der Waals surface area contributed by atoms with Gasteiger partial charge in [-0.25, -0.2) is 4.98 Å². The zero-order chi connectivity index (χ0) is 24.4. The minimum absolute atomic E-state index is 0.0335. The van der Waals surface area contributed by atoms with Gasteiger partial charge in [0.05, 0.1) is 25.3 Å². The van der Waals surface area contributed by atoms with Crippen LogP contribution in [-0.2, 0) is 29.7 Å². The van der Waals surface area contributed by atoms with Crippen LogP contribution in [0.3, 0.4) is 0 Å². The number of carbonyl (C=O) groups excluding carboxylic acids is 1. The Morgan fingerprint density at radius 3 is 2.49 bits per heavy atom. The Morgan fingerprint density at radius 1 is 1.11 bits per heavy atom. The third-order valence-corrected chi connectivity index (χ3v) is 8.30. The van der Waals surface area contributed by atoms with Crippen LogP contribution in [0.2, 0.25) is 5.02 Å². The smallest absolute Gasteiger partial charge is 0.236 e. The maximum atomic E-state index is 13.5. The van der Waals surface area contributed by atoms with E-state index in [-0.39, 0.29) is 5.91 Å². The first-order valence-corrected chi connectivity index (χ1v) is 13.2. The van der Waals surface area contributed by atoms with Gasteiger partial charge in [0.15, 0.2) is 16.6 Å². The standard InChI is InChI=1S/C27H30ClN3O3S/c1-33-23-13-18-9-12-31(15-19(18)14-24(23)34-2)16-22-17-35-26(29-22)30-25(32)27(10-3-4-11-27)20-5-7-21(28)8-6-20/h5-8,13-14,17H,3-4,9-12,15-16H2,1-2H3,(H,29,30,32). The van der Waals surface area contributed by atoms with Gasteiger partial charge in [0.25, 0.3) is 0 Å². The molecule has 2 aliphatic rings. The van der Waals surface area contributed by atoms with Gasteiger partial charge in [0.2, 0.25) is 5.91 Å². The lowest BCUT2D eigenvalue weighted by Crippen LogP contribution is -2.38. The molecule has 1 saturated carbocycles. The Bertz CT molecular complexity index is 1200. The highest BCUT2D eigenvalue weighted by Crippen LogP contribution is 2.42. The summed E-state index contributed by atoms with van der Waals surface area (Å²) in [6.45, 7) is 2.51. The molecule has 0 saturated heterocycles. The number of anilines is 1. The molecule has 1 N–H and O–H groups in total. The summed E-state index contributed by atoms with van der Waals surface area (Å²) in [4.78, 5) is 20.6. The van der Waals surface area contributed by atoms with Crippen LogP contribution in [0, 0.1) is 0 Å². The molecule has 184 valence electrons. The number of aromatic nitrogens is 1. The summed E-state index contributed by atoms with van der Waals surface area (Å²) in [5.74, 6) is 1.57. The molecule has 5 rings (SSSR count). The number of benzene rings is 2. The molecular weight excluding hydrogens is 482 g/mol. The van der Waals surface area contributed by atoms with Gasteiger partial charge < -0.3 is 14.8 Å². The van der Waals surface area contributed by atoms with Crippen molar-refractivity contribution in [2.24, 2.45) is 0 Å². The second-order valence-corrected chi connectivity index (χ2v) is 10.6. The molecule has 35 heavy (non-hydrogen) atoms. The molecule has 2 aromatic carbocycles. The van der Waals surface area contributed by atoms with Gasteiger partial charge >= 0.3 is 0 Å². The van der Waals surface area contributed by atoms with Gasteiger partial charge in [-0.3, -0.25) is 9.69 Å². The number of methoxy groups -OCH3 is 2. The second kappa shape index (κ2) is 10.2. The van der Waals surface area contributed by atoms with Gasteiger partial charge in [-0.05, 0) is 60.2 Å². The lowest BCUT2D eigenvalue weighted by atomic mass is 9.78. The van der Waals surface area contributed by atoms with E-state index in [0.717, 1.165) is 74.5 Å². The fourth-order valence-corrected chi connectivity index (χ4v) is 6.18. The van der Waals surface area contributed by atoms with Crippen molar-refractivity contribution >= 4 is 34.0 Å². The maximum Gasteiger partial charge on any atom is 0.236 e. The summed E-state index contributed by atoms with van der Waals surface area (Å²) in [7, 11) is 3.33. The molecule has 1 amide bonds. The number of thiazole rings is 1. The van der Waals surface area contributed by atoms with E-state index in [2.05, 4.69) is 22.3 Å². The van der Waals surface area contributed by atoms with E-state index in [4.69, 9.17) is 26.1 Å². The number of rotatable bonds is 7. The second-order valence-electron chi connectivity index (χ2n) is 9.33. The van der Waals surface area contributed by atoms with Gasteiger partial charge in [0.1, 0.15) is 0 Å². The van der Waals surface area contributed by atoms with Crippen molar-refractivity contribution in [2.75, 3.05) is 26.1 Å². The highest BCUT2D eigenvalue weighted by atomic mass is 35.5. The van der Waals surface area contributed by atoms with Gasteiger partial charge in [0, 0.05) is 30.0 Å². The van der Waals surface area contributed by atoms with Crippen molar-refractivity contribution in [1.29, 1.82) is 0 Å². The van der Waals surface area contributed by atoms with E-state index < -0.39 is 5.41 Å². The largest absolute Gasteiger partial charge is 0.493 e. The number of carbonyl (C=O) groups is 1. The molecule has 2 heterocycles. The van der Waals surface area contributed by atoms with Crippen LogP contribution in [0.5, 0.6) is 11.5 Å². The summed E-state index contributed by atoms with van der Waals surface area (Å²) in [5, 5.41) is 6.52. The van der Waals surface area contributed by atoms with Crippen LogP contribution in [0.25, 0.3) is 0 Å². The fourth-order valence-electron chi connectivity index (χ4n) is 5.35. The summed E-state index contributed by atoms with van der Waals surface area (Å²) in [6, 6.07) is 11.9. The van der Waals surface area contributed by atoms with Crippen LogP contribution in [0.1, 0.15) is 48.1 Å². The lowest BCUT2D eigenvalue weighted by Gasteiger charge is -2.29. The molecule has 1 aromatic heterocycles. The van der Waals surface area contributed by atoms with E-state index in [0.29, 0.717) is 10.2 Å². The van der Waals surface area contributed by atoms with Crippen molar-refractivity contribution in [2.45, 2.75) is 50.6 Å². The van der Waals surface area contributed by atoms with E-state index >= 15 is 0 Å². The van der Waals surface area contributed by atoms with Crippen molar-refractivity contribution in [3.05, 3.63) is 69.2 Å². The number of halogens is 1. The number of nitrogens with zero attached hydrogens (tertiary/aromatic N) is 2. The van der Waals surface area contributed by atoms with Crippen molar-refractivity contribution in [3.8, 4) is 11.5 Å². The Labute approximate surface area is 215 Å². The minimum Gasteiger partial charge on any atom is -0.493 e. The quantitative estimate of drug-likeness (QED) is 0.433. The Kier molecular flexibility index (Phi) is 7.00. The normalized spacial score (nSPS) is 17.1. The molecule has 1 aliphatic carbocycles. The monoisotopic (exact) mass is 511 g/mol. The highest BCUT2D eigenvalue weighted by Gasteiger charge is 2.43. The first kappa shape index (κ1) is 24.1. The average molecular weight is 512 g/mol. The maximum absolute atomic E-state index is 13.5. The zero-order valence-electron chi connectivity index (χ0n) is 20.1. The molecule has 1 aliphatic heterocycles. The first-order chi connectivity index (χ1) is 17.0. The average Bonchev–Trinajstić information content (AvgIpc) is 3.54. The zero-order valence-corrected chi connectivity index (χ0v) is 21.7. The van der Waals surface area contributed by atoms with Crippen LogP contribution in [0.15, 0.2) is 41.8 Å². The molecule has 0 atom stereocenters. The van der Waals surface area contributed by atoms with Crippen LogP contribution < -0.4 is 14.8 Å². The van der Waals surface area contributed by atoms with Crippen molar-refractivity contribution < 1.29 is 14.3 Å². The Morgan fingerprint density at radius 2 is 1.80 bits per heavy atom. The van der Waals surface area contributed by atoms with E-state index in [9.17, 15) is 4.79 Å². The molecule has 6 nitrogen and oxygen atoms in total. The molecular formula is C27H30ClN3O3S. The minimum atomic E-state index is -0.507. The topological polar surface area (TPSA) is 63.7 Å². The number of hydrogen-bond donors (Lipinski definition) is 1. The van der Waals surface area contributed by atoms with E-state index in [1.807, 2.05) is 29.6 Å². The molecule has 8 heteroatoms. The third kappa shape index (κ3) is 4.90. The Hall–Kier alpha value is -2.61. The SMILES string of the molecule is COc1cc2c(cc1OC)CN(Cc1csc(NC(=O)C3(c4ccc(Cl)cc4)CCCC3)n1)CC2. The van der Waals surface area contributed by atoms with Gasteiger partial charge in [-0.1, -0.05) is 36.6 Å². The molecule has 0 unspecified atom stereocenters. The van der Waals surface area contributed by atoms with E-state index in [1.165, 1.54) is 22.5 Å². The Balaban J connectivity index is 1.26. The predicted molar refractivity (Wildman–Crippen MR) is 140 cm³/mol. The summed E-state index contributed by atoms with van der Waals surface area (Å²) < 4.78 is 10.9. The van der Waals surface area contributed by atoms with Crippen molar-refractivity contribution in [3.63, 3.8) is 0 Å². The highest BCUT2D eigenvalue weighted by molar-refractivity contribution is 7.13. The summed E-state index contributed by atoms with van der Waals surface area (Å²) >= 11 is 7.58. The summed E-state index contributed by atoms with van der Waals surface area (Å²) in [5.41, 5.74) is 4.06. The number of hydrogen-bond acceptors (Lipinski definition) is 6. The number of ether oxygens (including phenoxy) is 2. The fraction of sp³-hybridized carbons (Fsp3) is 0.407. The molecule has 0 bridgehead atoms. The number of fused-ring (bicyclic) bond motifs is 1. The van der Waals surface area contributed by atoms with Crippen molar-refractivity contribution in [1.82, 2.24) is 9.88 Å². The van der Waals surface area contributed by atoms with Crippen LogP contribution >= 0.6 is 22.9 Å². The molecule has 3 aromatic rings. The molecule has 0 radical (unpaired) electrons. The summed E-state index contributed by atoms with van der Waals surface area (Å²) in [6.07, 6.45) is 4.74. The molecule has 1 fully saturated rings. The molecule has 0 spiro atoms. The van der Waals surface area contributed by atoms with Gasteiger partial charge in [-0.15, -0.1) is 11.3 Å². The predicted octanol–water partition coefficient (Wildman–Crippen LogP) is 5.82. The third-order valence-electron chi connectivity index (χ3n) is 7.24. The number of nitrogens with one attached hydrogen (secondary N) is 1. The van der Waals surface area contributed by atoms with Crippen LogP contribution in [-0.4, -0.2) is 36.6 Å².